The third-order valence-corrected chi connectivity index (χ3v) is 6.50. The quantitative estimate of drug-likeness (QED) is 0.267. The zero-order chi connectivity index (χ0) is 26.6. The molecule has 0 fully saturated rings. The first-order valence-electron chi connectivity index (χ1n) is 11.9. The van der Waals surface area contributed by atoms with Gasteiger partial charge in [-0.2, -0.15) is 13.2 Å². The topological polar surface area (TPSA) is 52.8 Å². The van der Waals surface area contributed by atoms with Crippen molar-refractivity contribution in [1.29, 1.82) is 0 Å². The maximum absolute atomic E-state index is 13.4. The molecule has 190 valence electrons. The Bertz CT molecular complexity index is 1320. The average Bonchev–Trinajstić information content (AvgIpc) is 2.87. The summed E-state index contributed by atoms with van der Waals surface area (Å²) in [5.74, 6) is -0.897. The number of hydrogen-bond acceptors (Lipinski definition) is 3. The van der Waals surface area contributed by atoms with Crippen molar-refractivity contribution in [2.45, 2.75) is 38.1 Å². The Morgan fingerprint density at radius 3 is 1.81 bits per heavy atom. The second-order valence-corrected chi connectivity index (χ2v) is 9.22. The summed E-state index contributed by atoms with van der Waals surface area (Å²) in [5, 5.41) is 22.8. The first kappa shape index (κ1) is 26.2. The lowest BCUT2D eigenvalue weighted by Crippen LogP contribution is -2.41. The van der Waals surface area contributed by atoms with E-state index in [9.17, 15) is 23.4 Å². The van der Waals surface area contributed by atoms with Crippen LogP contribution in [0.4, 0.5) is 13.2 Å². The van der Waals surface area contributed by atoms with Crippen LogP contribution in [-0.2, 0) is 18.2 Å². The van der Waals surface area contributed by atoms with Gasteiger partial charge in [-0.25, -0.2) is 0 Å². The molecule has 37 heavy (non-hydrogen) atoms. The molecule has 0 aromatic heterocycles. The zero-order valence-electron chi connectivity index (χ0n) is 20.6. The number of phenols is 1. The van der Waals surface area contributed by atoms with Crippen molar-refractivity contribution < 1.29 is 23.4 Å². The van der Waals surface area contributed by atoms with Gasteiger partial charge in [-0.15, -0.1) is 0 Å². The SMILES string of the molecule is Cc1ccc(C(O)(c2ccc(C)cc2)[C@H](Cc2ccccc2)N=Cc2cccc(C(F)(F)F)c2O)cc1. The second-order valence-electron chi connectivity index (χ2n) is 9.22. The third kappa shape index (κ3) is 5.75. The fraction of sp³-hybridized carbons (Fsp3) is 0.194. The van der Waals surface area contributed by atoms with Gasteiger partial charge in [0, 0.05) is 11.8 Å². The van der Waals surface area contributed by atoms with Crippen LogP contribution in [0.25, 0.3) is 0 Å². The van der Waals surface area contributed by atoms with Gasteiger partial charge in [0.05, 0.1) is 11.6 Å². The Labute approximate surface area is 214 Å². The first-order valence-corrected chi connectivity index (χ1v) is 11.9. The molecular formula is C31H28F3NO2. The average molecular weight is 504 g/mol. The largest absolute Gasteiger partial charge is 0.507 e. The molecule has 0 bridgehead atoms. The van der Waals surface area contributed by atoms with Crippen LogP contribution in [0.5, 0.6) is 5.75 Å². The summed E-state index contributed by atoms with van der Waals surface area (Å²) in [6.45, 7) is 3.90. The Hall–Kier alpha value is -3.90. The molecule has 0 heterocycles. The lowest BCUT2D eigenvalue weighted by atomic mass is 9.77. The number of aliphatic hydroxyl groups is 1. The monoisotopic (exact) mass is 503 g/mol. The van der Waals surface area contributed by atoms with Gasteiger partial charge >= 0.3 is 6.18 Å². The van der Waals surface area contributed by atoms with E-state index in [1.54, 1.807) is 0 Å². The molecule has 0 amide bonds. The highest BCUT2D eigenvalue weighted by atomic mass is 19.4. The summed E-state index contributed by atoms with van der Waals surface area (Å²) in [5.41, 5.74) is 1.33. The minimum absolute atomic E-state index is 0.0805. The van der Waals surface area contributed by atoms with E-state index in [4.69, 9.17) is 0 Å². The lowest BCUT2D eigenvalue weighted by Gasteiger charge is -2.35. The summed E-state index contributed by atoms with van der Waals surface area (Å²) in [4.78, 5) is 4.64. The smallest absolute Gasteiger partial charge is 0.419 e. The van der Waals surface area contributed by atoms with Crippen LogP contribution < -0.4 is 0 Å². The van der Waals surface area contributed by atoms with Gasteiger partial charge in [0.1, 0.15) is 11.4 Å². The third-order valence-electron chi connectivity index (χ3n) is 6.50. The molecule has 0 spiro atoms. The first-order chi connectivity index (χ1) is 17.6. The number of phenolic OH excluding ortho intramolecular Hbond substituents is 1. The number of nitrogens with zero attached hydrogens (tertiary/aromatic N) is 1. The van der Waals surface area contributed by atoms with Crippen molar-refractivity contribution >= 4 is 6.21 Å². The maximum Gasteiger partial charge on any atom is 0.419 e. The predicted octanol–water partition coefficient (Wildman–Crippen LogP) is 6.99. The van der Waals surface area contributed by atoms with E-state index in [0.29, 0.717) is 17.5 Å². The number of rotatable bonds is 7. The lowest BCUT2D eigenvalue weighted by molar-refractivity contribution is -0.138. The van der Waals surface area contributed by atoms with Gasteiger partial charge in [0.15, 0.2) is 0 Å². The van der Waals surface area contributed by atoms with Crippen LogP contribution in [0.3, 0.4) is 0 Å². The molecule has 1 atom stereocenters. The number of halogens is 3. The van der Waals surface area contributed by atoms with E-state index in [1.165, 1.54) is 18.3 Å². The van der Waals surface area contributed by atoms with Crippen molar-refractivity contribution in [1.82, 2.24) is 0 Å². The molecule has 3 nitrogen and oxygen atoms in total. The van der Waals surface area contributed by atoms with Crippen molar-refractivity contribution in [3.05, 3.63) is 136 Å². The number of aryl methyl sites for hydroxylation is 2. The van der Waals surface area contributed by atoms with E-state index in [2.05, 4.69) is 4.99 Å². The van der Waals surface area contributed by atoms with Gasteiger partial charge in [0.2, 0.25) is 0 Å². The molecule has 0 aliphatic heterocycles. The fourth-order valence-electron chi connectivity index (χ4n) is 4.38. The summed E-state index contributed by atoms with van der Waals surface area (Å²) in [6.07, 6.45) is -3.19. The highest BCUT2D eigenvalue weighted by Gasteiger charge is 2.40. The van der Waals surface area contributed by atoms with Crippen LogP contribution in [0.2, 0.25) is 0 Å². The van der Waals surface area contributed by atoms with Crippen molar-refractivity contribution in [3.63, 3.8) is 0 Å². The summed E-state index contributed by atoms with van der Waals surface area (Å²) < 4.78 is 40.1. The highest BCUT2D eigenvalue weighted by molar-refractivity contribution is 5.84. The number of hydrogen-bond donors (Lipinski definition) is 2. The molecule has 6 heteroatoms. The maximum atomic E-state index is 13.4. The van der Waals surface area contributed by atoms with Crippen LogP contribution >= 0.6 is 0 Å². The summed E-state index contributed by atoms with van der Waals surface area (Å²) in [7, 11) is 0. The molecule has 4 rings (SSSR count). The van der Waals surface area contributed by atoms with Gasteiger partial charge in [-0.1, -0.05) is 96.1 Å². The molecule has 0 aliphatic rings. The van der Waals surface area contributed by atoms with Crippen LogP contribution in [0.1, 0.15) is 38.9 Å². The number of aromatic hydroxyl groups is 1. The minimum Gasteiger partial charge on any atom is -0.507 e. The van der Waals surface area contributed by atoms with Gasteiger partial charge < -0.3 is 10.2 Å². The number of benzene rings is 4. The van der Waals surface area contributed by atoms with E-state index < -0.39 is 29.1 Å². The summed E-state index contributed by atoms with van der Waals surface area (Å²) in [6, 6.07) is 27.0. The normalized spacial score (nSPS) is 13.1. The van der Waals surface area contributed by atoms with E-state index >= 15 is 0 Å². The van der Waals surface area contributed by atoms with Gasteiger partial charge in [-0.3, -0.25) is 4.99 Å². The van der Waals surface area contributed by atoms with Crippen molar-refractivity contribution in [3.8, 4) is 5.75 Å². The Kier molecular flexibility index (Phi) is 7.50. The predicted molar refractivity (Wildman–Crippen MR) is 140 cm³/mol. The number of alkyl halides is 3. The second kappa shape index (κ2) is 10.6. The highest BCUT2D eigenvalue weighted by Crippen LogP contribution is 2.39. The molecule has 0 saturated heterocycles. The van der Waals surface area contributed by atoms with E-state index in [0.717, 1.165) is 22.8 Å². The minimum atomic E-state index is -4.71. The molecule has 4 aromatic carbocycles. The standard InChI is InChI=1S/C31H28F3NO2/c1-21-11-15-25(16-12-21)30(37,26-17-13-22(2)14-18-26)28(19-23-7-4-3-5-8-23)35-20-24-9-6-10-27(29(24)36)31(32,33)34/h3-18,20,28,36-37H,19H2,1-2H3/t28-/m0/s1. The molecule has 0 unspecified atom stereocenters. The zero-order valence-corrected chi connectivity index (χ0v) is 20.6. The fourth-order valence-corrected chi connectivity index (χ4v) is 4.38. The molecule has 2 N–H and O–H groups in total. The Balaban J connectivity index is 1.88. The van der Waals surface area contributed by atoms with Crippen LogP contribution in [0.15, 0.2) is 102 Å². The molecule has 0 saturated carbocycles. The van der Waals surface area contributed by atoms with Gasteiger partial charge in [-0.05, 0) is 49.1 Å². The molecule has 0 radical (unpaired) electrons. The molecule has 0 aliphatic carbocycles. The Morgan fingerprint density at radius 2 is 1.30 bits per heavy atom. The number of aliphatic imine (C=N–C) groups is 1. The summed E-state index contributed by atoms with van der Waals surface area (Å²) >= 11 is 0. The van der Waals surface area contributed by atoms with Crippen LogP contribution in [0, 0.1) is 13.8 Å². The Morgan fingerprint density at radius 1 is 0.757 bits per heavy atom. The molecular weight excluding hydrogens is 475 g/mol. The number of para-hydroxylation sites is 1. The van der Waals surface area contributed by atoms with E-state index in [-0.39, 0.29) is 5.56 Å². The van der Waals surface area contributed by atoms with Crippen molar-refractivity contribution in [2.24, 2.45) is 4.99 Å². The van der Waals surface area contributed by atoms with Crippen LogP contribution in [-0.4, -0.2) is 22.5 Å². The van der Waals surface area contributed by atoms with E-state index in [1.807, 2.05) is 92.7 Å². The van der Waals surface area contributed by atoms with Crippen molar-refractivity contribution in [2.75, 3.05) is 0 Å². The van der Waals surface area contributed by atoms with Gasteiger partial charge in [0.25, 0.3) is 0 Å². The molecule has 4 aromatic rings.